The first-order valence-corrected chi connectivity index (χ1v) is 10.8. The van der Waals surface area contributed by atoms with Gasteiger partial charge in [-0.2, -0.15) is 0 Å². The Bertz CT molecular complexity index is 662. The predicted molar refractivity (Wildman–Crippen MR) is 95.5 cm³/mol. The highest BCUT2D eigenvalue weighted by molar-refractivity contribution is 6.74. The molecule has 0 fully saturated rings. The molecule has 0 saturated carbocycles. The fraction of sp³-hybridized carbons (Fsp3) is 0.562. The topological polar surface area (TPSA) is 78.8 Å². The minimum absolute atomic E-state index is 0.123. The SMILES string of the molecule is C[C@H](CO[Si](C)(C)C(C)(C)C)n1cnnc1-c1cccc(N)n1. The molecular weight excluding hydrogens is 306 g/mol. The van der Waals surface area contributed by atoms with E-state index in [1.165, 1.54) is 0 Å². The van der Waals surface area contributed by atoms with Crippen LogP contribution in [0.3, 0.4) is 0 Å². The second-order valence-corrected chi connectivity index (χ2v) is 12.2. The van der Waals surface area contributed by atoms with E-state index in [-0.39, 0.29) is 11.1 Å². The molecule has 0 aliphatic rings. The molecule has 2 N–H and O–H groups in total. The van der Waals surface area contributed by atoms with Crippen LogP contribution in [0.15, 0.2) is 24.5 Å². The molecule has 0 spiro atoms. The monoisotopic (exact) mass is 333 g/mol. The second-order valence-electron chi connectivity index (χ2n) is 7.43. The van der Waals surface area contributed by atoms with Gasteiger partial charge in [-0.1, -0.05) is 26.8 Å². The minimum Gasteiger partial charge on any atom is -0.415 e. The van der Waals surface area contributed by atoms with Crippen molar-refractivity contribution in [2.75, 3.05) is 12.3 Å². The largest absolute Gasteiger partial charge is 0.415 e. The molecule has 0 unspecified atom stereocenters. The van der Waals surface area contributed by atoms with Crippen LogP contribution in [0.1, 0.15) is 33.7 Å². The van der Waals surface area contributed by atoms with Crippen molar-refractivity contribution in [3.8, 4) is 11.5 Å². The van der Waals surface area contributed by atoms with Gasteiger partial charge in [0.05, 0.1) is 12.6 Å². The Balaban J connectivity index is 2.16. The van der Waals surface area contributed by atoms with Crippen LogP contribution in [0, 0.1) is 0 Å². The summed E-state index contributed by atoms with van der Waals surface area (Å²) in [6.45, 7) is 14.0. The highest BCUT2D eigenvalue weighted by Gasteiger charge is 2.37. The number of nitrogens with two attached hydrogens (primary N) is 1. The van der Waals surface area contributed by atoms with Crippen LogP contribution in [0.2, 0.25) is 18.1 Å². The van der Waals surface area contributed by atoms with Gasteiger partial charge in [0, 0.05) is 0 Å². The van der Waals surface area contributed by atoms with Crippen molar-refractivity contribution in [3.63, 3.8) is 0 Å². The summed E-state index contributed by atoms with van der Waals surface area (Å²) in [4.78, 5) is 4.33. The number of hydrogen-bond donors (Lipinski definition) is 1. The average Bonchev–Trinajstić information content (AvgIpc) is 2.93. The van der Waals surface area contributed by atoms with Crippen LogP contribution in [0.25, 0.3) is 11.5 Å². The van der Waals surface area contributed by atoms with Crippen molar-refractivity contribution in [2.24, 2.45) is 0 Å². The molecule has 0 saturated heterocycles. The first kappa shape index (κ1) is 17.6. The molecule has 2 aromatic heterocycles. The van der Waals surface area contributed by atoms with E-state index in [9.17, 15) is 0 Å². The molecule has 2 heterocycles. The van der Waals surface area contributed by atoms with E-state index in [1.807, 2.05) is 16.7 Å². The smallest absolute Gasteiger partial charge is 0.192 e. The maximum absolute atomic E-state index is 6.31. The lowest BCUT2D eigenvalue weighted by atomic mass is 10.2. The van der Waals surface area contributed by atoms with E-state index in [2.05, 4.69) is 56.0 Å². The second kappa shape index (κ2) is 6.41. The van der Waals surface area contributed by atoms with Gasteiger partial charge in [-0.05, 0) is 37.2 Å². The third-order valence-corrected chi connectivity index (χ3v) is 9.04. The van der Waals surface area contributed by atoms with Gasteiger partial charge < -0.3 is 14.7 Å². The Morgan fingerprint density at radius 1 is 1.30 bits per heavy atom. The van der Waals surface area contributed by atoms with Gasteiger partial charge in [-0.25, -0.2) is 4.98 Å². The summed E-state index contributed by atoms with van der Waals surface area (Å²) < 4.78 is 8.31. The van der Waals surface area contributed by atoms with Crippen LogP contribution >= 0.6 is 0 Å². The Morgan fingerprint density at radius 2 is 2.00 bits per heavy atom. The zero-order chi connectivity index (χ0) is 17.3. The van der Waals surface area contributed by atoms with Crippen LogP contribution in [-0.4, -0.2) is 34.7 Å². The van der Waals surface area contributed by atoms with Gasteiger partial charge in [0.25, 0.3) is 0 Å². The molecule has 7 heteroatoms. The van der Waals surface area contributed by atoms with Gasteiger partial charge >= 0.3 is 0 Å². The number of rotatable bonds is 5. The van der Waals surface area contributed by atoms with Crippen molar-refractivity contribution in [1.82, 2.24) is 19.7 Å². The molecule has 1 atom stereocenters. The Hall–Kier alpha value is -1.73. The van der Waals surface area contributed by atoms with Crippen LogP contribution in [-0.2, 0) is 4.43 Å². The number of anilines is 1. The van der Waals surface area contributed by atoms with E-state index in [1.54, 1.807) is 12.4 Å². The van der Waals surface area contributed by atoms with Crippen LogP contribution < -0.4 is 5.73 Å². The zero-order valence-corrected chi connectivity index (χ0v) is 15.9. The first-order chi connectivity index (χ1) is 10.6. The highest BCUT2D eigenvalue weighted by Crippen LogP contribution is 2.37. The third-order valence-electron chi connectivity index (χ3n) is 4.54. The summed E-state index contributed by atoms with van der Waals surface area (Å²) in [6.07, 6.45) is 1.72. The quantitative estimate of drug-likeness (QED) is 0.847. The van der Waals surface area contributed by atoms with Gasteiger partial charge in [0.15, 0.2) is 14.1 Å². The normalized spacial score (nSPS) is 14.0. The summed E-state index contributed by atoms with van der Waals surface area (Å²) in [7, 11) is -1.78. The fourth-order valence-corrected chi connectivity index (χ4v) is 3.04. The standard InChI is InChI=1S/C16H27N5OSi/c1-12(10-22-23(5,6)16(2,3)4)21-11-18-20-15(21)13-8-7-9-14(17)19-13/h7-9,11-12H,10H2,1-6H3,(H2,17,19)/t12-/m1/s1. The number of nitrogen functional groups attached to an aromatic ring is 1. The summed E-state index contributed by atoms with van der Waals surface area (Å²) in [6, 6.07) is 5.64. The molecule has 0 aromatic carbocycles. The maximum Gasteiger partial charge on any atom is 0.192 e. The first-order valence-electron chi connectivity index (χ1n) is 7.88. The number of aromatic nitrogens is 4. The molecule has 0 aliphatic carbocycles. The summed E-state index contributed by atoms with van der Waals surface area (Å²) in [5.74, 6) is 1.19. The third kappa shape index (κ3) is 3.97. The predicted octanol–water partition coefficient (Wildman–Crippen LogP) is 3.51. The molecule has 2 rings (SSSR count). The van der Waals surface area contributed by atoms with Gasteiger partial charge in [-0.15, -0.1) is 10.2 Å². The maximum atomic E-state index is 6.31. The highest BCUT2D eigenvalue weighted by atomic mass is 28.4. The van der Waals surface area contributed by atoms with Crippen molar-refractivity contribution >= 4 is 14.1 Å². The minimum atomic E-state index is -1.78. The van der Waals surface area contributed by atoms with Crippen molar-refractivity contribution in [2.45, 2.75) is 51.9 Å². The molecule has 0 amide bonds. The summed E-state index contributed by atoms with van der Waals surface area (Å²) in [5, 5.41) is 8.42. The van der Waals surface area contributed by atoms with E-state index in [0.717, 1.165) is 5.69 Å². The van der Waals surface area contributed by atoms with Crippen molar-refractivity contribution < 1.29 is 4.43 Å². The number of hydrogen-bond acceptors (Lipinski definition) is 5. The van der Waals surface area contributed by atoms with Crippen molar-refractivity contribution in [3.05, 3.63) is 24.5 Å². The molecule has 23 heavy (non-hydrogen) atoms. The number of nitrogens with zero attached hydrogens (tertiary/aromatic N) is 4. The lowest BCUT2D eigenvalue weighted by Gasteiger charge is -2.37. The van der Waals surface area contributed by atoms with Crippen LogP contribution in [0.4, 0.5) is 5.82 Å². The van der Waals surface area contributed by atoms with E-state index in [4.69, 9.17) is 10.2 Å². The van der Waals surface area contributed by atoms with E-state index < -0.39 is 8.32 Å². The molecule has 0 radical (unpaired) electrons. The Morgan fingerprint density at radius 3 is 2.61 bits per heavy atom. The molecule has 126 valence electrons. The molecule has 0 aliphatic heterocycles. The molecular formula is C16H27N5OSi. The zero-order valence-electron chi connectivity index (χ0n) is 14.9. The Labute approximate surface area is 139 Å². The van der Waals surface area contributed by atoms with E-state index in [0.29, 0.717) is 18.2 Å². The van der Waals surface area contributed by atoms with E-state index >= 15 is 0 Å². The molecule has 0 bridgehead atoms. The average molecular weight is 334 g/mol. The van der Waals surface area contributed by atoms with Gasteiger partial charge in [0.2, 0.25) is 0 Å². The fourth-order valence-electron chi connectivity index (χ4n) is 1.95. The lowest BCUT2D eigenvalue weighted by Crippen LogP contribution is -2.42. The summed E-state index contributed by atoms with van der Waals surface area (Å²) in [5.41, 5.74) is 6.49. The van der Waals surface area contributed by atoms with Crippen LogP contribution in [0.5, 0.6) is 0 Å². The lowest BCUT2D eigenvalue weighted by molar-refractivity contribution is 0.239. The van der Waals surface area contributed by atoms with Crippen molar-refractivity contribution in [1.29, 1.82) is 0 Å². The molecule has 2 aromatic rings. The Kier molecular flexibility index (Phi) is 4.91. The summed E-state index contributed by atoms with van der Waals surface area (Å²) >= 11 is 0. The molecule has 6 nitrogen and oxygen atoms in total. The number of pyridine rings is 1. The van der Waals surface area contributed by atoms with Gasteiger partial charge in [-0.3, -0.25) is 0 Å². The van der Waals surface area contributed by atoms with Gasteiger partial charge in [0.1, 0.15) is 17.8 Å².